The fourth-order valence-corrected chi connectivity index (χ4v) is 1.66. The molecule has 0 saturated carbocycles. The zero-order valence-corrected chi connectivity index (χ0v) is 9.10. The summed E-state index contributed by atoms with van der Waals surface area (Å²) >= 11 is 1.65. The van der Waals surface area contributed by atoms with Crippen LogP contribution >= 0.6 is 11.3 Å². The van der Waals surface area contributed by atoms with E-state index >= 15 is 0 Å². The zero-order chi connectivity index (χ0) is 10.2. The molecular weight excluding hydrogens is 190 g/mol. The molecule has 2 heteroatoms. The molecule has 1 aromatic heterocycles. The van der Waals surface area contributed by atoms with Crippen molar-refractivity contribution >= 4 is 17.4 Å². The average Bonchev–Trinajstić information content (AvgIpc) is 2.71. The molecular formula is C12H13NS. The summed E-state index contributed by atoms with van der Waals surface area (Å²) in [5.41, 5.74) is 4.92. The van der Waals surface area contributed by atoms with Gasteiger partial charge in [0.15, 0.2) is 0 Å². The van der Waals surface area contributed by atoms with Gasteiger partial charge in [0.05, 0.1) is 5.57 Å². The standard InChI is InChI=1S/C12H13NS/c1-2-3-4-11(9-13)5-6-12-7-8-14-10-12/h6-8,10H,2-4H2,1H3. The number of allylic oxidation sites excluding steroid dienone is 1. The van der Waals surface area contributed by atoms with Crippen LogP contribution in [0.5, 0.6) is 0 Å². The third kappa shape index (κ3) is 3.62. The minimum Gasteiger partial charge on any atom is -0.192 e. The van der Waals surface area contributed by atoms with Gasteiger partial charge >= 0.3 is 0 Å². The van der Waals surface area contributed by atoms with Crippen LogP contribution in [0.3, 0.4) is 0 Å². The van der Waals surface area contributed by atoms with E-state index in [2.05, 4.69) is 18.7 Å². The number of nitrogens with zero attached hydrogens (tertiary/aromatic N) is 1. The van der Waals surface area contributed by atoms with Crippen molar-refractivity contribution in [2.75, 3.05) is 0 Å². The number of nitriles is 1. The van der Waals surface area contributed by atoms with E-state index in [4.69, 9.17) is 5.26 Å². The predicted octanol–water partition coefficient (Wildman–Crippen LogP) is 4.00. The van der Waals surface area contributed by atoms with Gasteiger partial charge in [0, 0.05) is 0 Å². The zero-order valence-electron chi connectivity index (χ0n) is 8.29. The van der Waals surface area contributed by atoms with Gasteiger partial charge in [0.1, 0.15) is 6.07 Å². The summed E-state index contributed by atoms with van der Waals surface area (Å²) < 4.78 is 0. The smallest absolute Gasteiger partial charge is 0.103 e. The first-order valence-electron chi connectivity index (χ1n) is 4.74. The predicted molar refractivity (Wildman–Crippen MR) is 60.9 cm³/mol. The molecule has 0 spiro atoms. The molecule has 0 fully saturated rings. The van der Waals surface area contributed by atoms with Crippen LogP contribution in [0.1, 0.15) is 31.7 Å². The Kier molecular flexibility index (Phi) is 4.78. The van der Waals surface area contributed by atoms with Gasteiger partial charge in [-0.1, -0.05) is 13.3 Å². The summed E-state index contributed by atoms with van der Waals surface area (Å²) in [6.07, 6.45) is 4.90. The molecule has 72 valence electrons. The Morgan fingerprint density at radius 1 is 1.64 bits per heavy atom. The van der Waals surface area contributed by atoms with Gasteiger partial charge in [-0.05, 0) is 41.3 Å². The third-order valence-corrected chi connectivity index (χ3v) is 2.57. The van der Waals surface area contributed by atoms with Gasteiger partial charge in [-0.3, -0.25) is 0 Å². The average molecular weight is 203 g/mol. The highest BCUT2D eigenvalue weighted by molar-refractivity contribution is 7.08. The summed E-state index contributed by atoms with van der Waals surface area (Å²) in [6, 6.07) is 4.20. The van der Waals surface area contributed by atoms with Gasteiger partial charge in [-0.2, -0.15) is 16.6 Å². The van der Waals surface area contributed by atoms with E-state index in [9.17, 15) is 0 Å². The maximum Gasteiger partial charge on any atom is 0.103 e. The van der Waals surface area contributed by atoms with E-state index in [0.717, 1.165) is 30.4 Å². The Labute approximate surface area is 89.0 Å². The Morgan fingerprint density at radius 2 is 2.50 bits per heavy atom. The number of unbranched alkanes of at least 4 members (excludes halogenated alkanes) is 1. The minimum atomic E-state index is 0.748. The topological polar surface area (TPSA) is 23.8 Å². The van der Waals surface area contributed by atoms with Crippen LogP contribution in [-0.2, 0) is 0 Å². The van der Waals surface area contributed by atoms with Crippen LogP contribution in [-0.4, -0.2) is 0 Å². The quantitative estimate of drug-likeness (QED) is 0.536. The number of hydrogen-bond donors (Lipinski definition) is 0. The molecule has 0 aromatic carbocycles. The molecule has 0 aliphatic carbocycles. The Morgan fingerprint density at radius 3 is 3.07 bits per heavy atom. The highest BCUT2D eigenvalue weighted by atomic mass is 32.1. The fraction of sp³-hybridized carbons (Fsp3) is 0.333. The number of rotatable bonds is 4. The normalized spacial score (nSPS) is 8.86. The molecule has 0 amide bonds. The monoisotopic (exact) mass is 203 g/mol. The molecule has 1 heterocycles. The Hall–Kier alpha value is -1.29. The largest absolute Gasteiger partial charge is 0.192 e. The van der Waals surface area contributed by atoms with Gasteiger partial charge in [-0.25, -0.2) is 0 Å². The lowest BCUT2D eigenvalue weighted by molar-refractivity contribution is 0.800. The van der Waals surface area contributed by atoms with E-state index in [-0.39, 0.29) is 0 Å². The van der Waals surface area contributed by atoms with Crippen molar-refractivity contribution in [1.29, 1.82) is 5.26 Å². The van der Waals surface area contributed by atoms with Crippen molar-refractivity contribution in [2.45, 2.75) is 26.2 Å². The lowest BCUT2D eigenvalue weighted by Crippen LogP contribution is -1.76. The van der Waals surface area contributed by atoms with E-state index in [1.807, 2.05) is 22.9 Å². The number of thiophene rings is 1. The lowest BCUT2D eigenvalue weighted by Gasteiger charge is -1.90. The summed E-state index contributed by atoms with van der Waals surface area (Å²) in [5, 5.41) is 12.9. The first kappa shape index (κ1) is 10.8. The summed E-state index contributed by atoms with van der Waals surface area (Å²) in [4.78, 5) is 0. The highest BCUT2D eigenvalue weighted by Gasteiger charge is 1.92. The Balaban J connectivity index is 2.69. The van der Waals surface area contributed by atoms with Crippen LogP contribution in [0.2, 0.25) is 0 Å². The molecule has 0 aliphatic heterocycles. The molecule has 0 aliphatic rings. The van der Waals surface area contributed by atoms with Crippen molar-refractivity contribution in [3.63, 3.8) is 0 Å². The summed E-state index contributed by atoms with van der Waals surface area (Å²) in [5.74, 6) is 0. The fourth-order valence-electron chi connectivity index (χ4n) is 1.04. The van der Waals surface area contributed by atoms with Crippen LogP contribution in [0.15, 0.2) is 28.1 Å². The van der Waals surface area contributed by atoms with E-state index in [1.54, 1.807) is 11.3 Å². The molecule has 1 rings (SSSR count). The van der Waals surface area contributed by atoms with Crippen molar-refractivity contribution in [1.82, 2.24) is 0 Å². The lowest BCUT2D eigenvalue weighted by atomic mass is 10.1. The molecule has 0 saturated heterocycles. The van der Waals surface area contributed by atoms with Crippen LogP contribution in [0.4, 0.5) is 0 Å². The van der Waals surface area contributed by atoms with Crippen molar-refractivity contribution < 1.29 is 0 Å². The summed E-state index contributed by atoms with van der Waals surface area (Å²) in [7, 11) is 0. The molecule has 0 atom stereocenters. The molecule has 1 aromatic rings. The van der Waals surface area contributed by atoms with E-state index in [1.165, 1.54) is 0 Å². The highest BCUT2D eigenvalue weighted by Crippen LogP contribution is 2.09. The Bertz CT molecular complexity index is 362. The second-order valence-corrected chi connectivity index (χ2v) is 3.82. The van der Waals surface area contributed by atoms with Crippen LogP contribution in [0, 0.1) is 11.3 Å². The third-order valence-electron chi connectivity index (χ3n) is 1.87. The minimum absolute atomic E-state index is 0.748. The van der Waals surface area contributed by atoms with Crippen molar-refractivity contribution in [3.05, 3.63) is 33.7 Å². The van der Waals surface area contributed by atoms with Crippen LogP contribution in [0.25, 0.3) is 6.08 Å². The van der Waals surface area contributed by atoms with Gasteiger partial charge in [-0.15, -0.1) is 5.73 Å². The van der Waals surface area contributed by atoms with Gasteiger partial charge in [0.25, 0.3) is 0 Å². The van der Waals surface area contributed by atoms with E-state index in [0.29, 0.717) is 0 Å². The molecule has 1 nitrogen and oxygen atoms in total. The second kappa shape index (κ2) is 6.21. The maximum absolute atomic E-state index is 8.81. The molecule has 0 unspecified atom stereocenters. The molecule has 14 heavy (non-hydrogen) atoms. The van der Waals surface area contributed by atoms with Gasteiger partial charge in [0.2, 0.25) is 0 Å². The van der Waals surface area contributed by atoms with Gasteiger partial charge < -0.3 is 0 Å². The molecule has 0 bridgehead atoms. The number of hydrogen-bond acceptors (Lipinski definition) is 2. The van der Waals surface area contributed by atoms with Crippen molar-refractivity contribution in [3.8, 4) is 6.07 Å². The second-order valence-electron chi connectivity index (χ2n) is 3.04. The maximum atomic E-state index is 8.81. The molecule has 0 N–H and O–H groups in total. The van der Waals surface area contributed by atoms with E-state index < -0.39 is 0 Å². The van der Waals surface area contributed by atoms with Crippen LogP contribution < -0.4 is 0 Å². The first-order valence-corrected chi connectivity index (χ1v) is 5.69. The summed E-state index contributed by atoms with van der Waals surface area (Å²) in [6.45, 7) is 2.12. The first-order chi connectivity index (χ1) is 6.86. The molecule has 0 radical (unpaired) electrons. The van der Waals surface area contributed by atoms with Crippen molar-refractivity contribution in [2.24, 2.45) is 0 Å². The SMILES string of the molecule is CCCCC(=C=Cc1ccsc1)C#N.